The third-order valence-corrected chi connectivity index (χ3v) is 4.82. The Labute approximate surface area is 180 Å². The highest BCUT2D eigenvalue weighted by molar-refractivity contribution is 5.69. The number of nitrogens with zero attached hydrogens (tertiary/aromatic N) is 3. The number of hydrogen-bond acceptors (Lipinski definition) is 7. The van der Waals surface area contributed by atoms with Gasteiger partial charge >= 0.3 is 5.97 Å². The molecule has 1 aliphatic rings. The van der Waals surface area contributed by atoms with Crippen LogP contribution in [-0.4, -0.2) is 33.8 Å². The average Bonchev–Trinajstić information content (AvgIpc) is 3.43. The number of hydrogen-bond donors (Lipinski definition) is 3. The average molecular weight is 419 g/mol. The van der Waals surface area contributed by atoms with Gasteiger partial charge in [0.2, 0.25) is 5.82 Å². The summed E-state index contributed by atoms with van der Waals surface area (Å²) in [6.07, 6.45) is 3.35. The maximum absolute atomic E-state index is 9.44. The molecule has 1 aliphatic carbocycles. The summed E-state index contributed by atoms with van der Waals surface area (Å²) in [7, 11) is 0. The fourth-order valence-electron chi connectivity index (χ4n) is 3.49. The molecule has 3 aromatic rings. The molecule has 0 fully saturated rings. The first kappa shape index (κ1) is 22.0. The molecular formula is C23H25N5O3. The third-order valence-electron chi connectivity index (χ3n) is 4.82. The minimum absolute atomic E-state index is 0.253. The molecule has 0 bridgehead atoms. The Balaban J connectivity index is 0.000000491. The molecule has 8 heteroatoms. The van der Waals surface area contributed by atoms with Crippen molar-refractivity contribution >= 4 is 11.7 Å². The molecule has 2 aromatic carbocycles. The Kier molecular flexibility index (Phi) is 7.00. The predicted molar refractivity (Wildman–Crippen MR) is 117 cm³/mol. The zero-order chi connectivity index (χ0) is 22.4. The van der Waals surface area contributed by atoms with Crippen LogP contribution in [-0.2, 0) is 17.6 Å². The molecule has 31 heavy (non-hydrogen) atoms. The van der Waals surface area contributed by atoms with Gasteiger partial charge in [-0.25, -0.2) is 0 Å². The quantitative estimate of drug-likeness (QED) is 0.570. The summed E-state index contributed by atoms with van der Waals surface area (Å²) >= 11 is 0. The topological polar surface area (TPSA) is 138 Å². The van der Waals surface area contributed by atoms with Gasteiger partial charge in [-0.1, -0.05) is 23.4 Å². The van der Waals surface area contributed by atoms with E-state index >= 15 is 0 Å². The number of aryl methyl sites for hydroxylation is 1. The van der Waals surface area contributed by atoms with Crippen LogP contribution in [0, 0.1) is 11.3 Å². The van der Waals surface area contributed by atoms with Crippen LogP contribution < -0.4 is 11.1 Å². The standard InChI is InChI=1S/C21H20N4O.C2H5NO2/c1-13(2)23-19-10-9-15(11-16(19)12-22)21-24-20(25-26-21)18-8-4-6-14-5-3-7-17(14)18;3-1-2(4)5/h4,6,8-11,13,23H,3,5,7H2,1-2H3;1,3H2,(H,4,5). The van der Waals surface area contributed by atoms with Gasteiger partial charge < -0.3 is 20.7 Å². The molecule has 0 unspecified atom stereocenters. The van der Waals surface area contributed by atoms with Crippen molar-refractivity contribution in [2.45, 2.75) is 39.2 Å². The lowest BCUT2D eigenvalue weighted by molar-refractivity contribution is -0.135. The van der Waals surface area contributed by atoms with E-state index in [4.69, 9.17) is 9.63 Å². The smallest absolute Gasteiger partial charge is 0.317 e. The Hall–Kier alpha value is -3.70. The van der Waals surface area contributed by atoms with Crippen molar-refractivity contribution in [3.05, 3.63) is 53.1 Å². The SMILES string of the molecule is CC(C)Nc1ccc(-c2nc(-c3cccc4c3CCC4)no2)cc1C#N.NCC(=O)O. The molecule has 0 saturated heterocycles. The minimum atomic E-state index is -0.968. The number of carboxylic acids is 1. The van der Waals surface area contributed by atoms with Crippen LogP contribution in [0.15, 0.2) is 40.9 Å². The van der Waals surface area contributed by atoms with Crippen molar-refractivity contribution in [2.24, 2.45) is 5.73 Å². The van der Waals surface area contributed by atoms with E-state index < -0.39 is 5.97 Å². The number of carboxylic acid groups (broad SMARTS) is 1. The largest absolute Gasteiger partial charge is 0.480 e. The molecule has 0 atom stereocenters. The van der Waals surface area contributed by atoms with Crippen molar-refractivity contribution in [3.63, 3.8) is 0 Å². The molecule has 0 amide bonds. The minimum Gasteiger partial charge on any atom is -0.480 e. The molecule has 8 nitrogen and oxygen atoms in total. The number of nitriles is 1. The Morgan fingerprint density at radius 1 is 1.32 bits per heavy atom. The van der Waals surface area contributed by atoms with Gasteiger partial charge in [0.15, 0.2) is 0 Å². The lowest BCUT2D eigenvalue weighted by Crippen LogP contribution is -2.10. The first-order valence-electron chi connectivity index (χ1n) is 10.1. The van der Waals surface area contributed by atoms with Gasteiger partial charge in [0.1, 0.15) is 6.07 Å². The molecule has 1 heterocycles. The number of nitrogens with one attached hydrogen (secondary N) is 1. The maximum Gasteiger partial charge on any atom is 0.317 e. The summed E-state index contributed by atoms with van der Waals surface area (Å²) in [5, 5.41) is 24.5. The van der Waals surface area contributed by atoms with E-state index in [1.54, 1.807) is 6.07 Å². The highest BCUT2D eigenvalue weighted by Gasteiger charge is 2.19. The van der Waals surface area contributed by atoms with Gasteiger partial charge in [-0.3, -0.25) is 4.79 Å². The van der Waals surface area contributed by atoms with Gasteiger partial charge in [-0.05, 0) is 62.4 Å². The first-order chi connectivity index (χ1) is 14.9. The first-order valence-corrected chi connectivity index (χ1v) is 10.1. The fourth-order valence-corrected chi connectivity index (χ4v) is 3.49. The van der Waals surface area contributed by atoms with Gasteiger partial charge in [-0.15, -0.1) is 0 Å². The molecule has 4 rings (SSSR count). The maximum atomic E-state index is 9.44. The van der Waals surface area contributed by atoms with Crippen molar-refractivity contribution in [3.8, 4) is 28.9 Å². The van der Waals surface area contributed by atoms with Crippen LogP contribution in [0.5, 0.6) is 0 Å². The Bertz CT molecular complexity index is 1110. The number of fused-ring (bicyclic) bond motifs is 1. The zero-order valence-electron chi connectivity index (χ0n) is 17.6. The van der Waals surface area contributed by atoms with Gasteiger partial charge in [0, 0.05) is 17.2 Å². The second kappa shape index (κ2) is 9.87. The van der Waals surface area contributed by atoms with Crippen molar-refractivity contribution in [2.75, 3.05) is 11.9 Å². The van der Waals surface area contributed by atoms with Crippen molar-refractivity contribution in [1.29, 1.82) is 5.26 Å². The van der Waals surface area contributed by atoms with E-state index in [0.29, 0.717) is 17.3 Å². The van der Waals surface area contributed by atoms with Crippen LogP contribution in [0.3, 0.4) is 0 Å². The van der Waals surface area contributed by atoms with Gasteiger partial charge in [-0.2, -0.15) is 10.2 Å². The van der Waals surface area contributed by atoms with Crippen LogP contribution in [0.1, 0.15) is 37.0 Å². The van der Waals surface area contributed by atoms with E-state index in [2.05, 4.69) is 45.5 Å². The summed E-state index contributed by atoms with van der Waals surface area (Å²) < 4.78 is 5.49. The van der Waals surface area contributed by atoms with Crippen LogP contribution in [0.25, 0.3) is 22.8 Å². The lowest BCUT2D eigenvalue weighted by atomic mass is 10.0. The molecule has 0 radical (unpaired) electrons. The molecule has 0 saturated carbocycles. The van der Waals surface area contributed by atoms with Crippen LogP contribution in [0.4, 0.5) is 5.69 Å². The van der Waals surface area contributed by atoms with E-state index in [-0.39, 0.29) is 12.6 Å². The lowest BCUT2D eigenvalue weighted by Gasteiger charge is -2.11. The van der Waals surface area contributed by atoms with E-state index in [0.717, 1.165) is 29.7 Å². The summed E-state index contributed by atoms with van der Waals surface area (Å²) in [5.74, 6) is 0.0786. The van der Waals surface area contributed by atoms with Crippen LogP contribution in [0.2, 0.25) is 0 Å². The van der Waals surface area contributed by atoms with Crippen LogP contribution >= 0.6 is 0 Å². The normalized spacial score (nSPS) is 12.0. The highest BCUT2D eigenvalue weighted by atomic mass is 16.5. The molecule has 160 valence electrons. The predicted octanol–water partition coefficient (Wildman–Crippen LogP) is 3.61. The number of aliphatic carboxylic acids is 1. The third kappa shape index (κ3) is 5.27. The van der Waals surface area contributed by atoms with Gasteiger partial charge in [0.25, 0.3) is 5.89 Å². The molecule has 0 aliphatic heterocycles. The Morgan fingerprint density at radius 2 is 2.10 bits per heavy atom. The summed E-state index contributed by atoms with van der Waals surface area (Å²) in [6, 6.07) is 14.3. The molecule has 1 aromatic heterocycles. The molecule has 4 N–H and O–H groups in total. The van der Waals surface area contributed by atoms with E-state index in [1.165, 1.54) is 17.5 Å². The second-order valence-corrected chi connectivity index (χ2v) is 7.49. The number of nitrogens with two attached hydrogens (primary N) is 1. The number of benzene rings is 2. The number of rotatable bonds is 5. The number of carbonyl (C=O) groups is 1. The van der Waals surface area contributed by atoms with Gasteiger partial charge in [0.05, 0.1) is 17.8 Å². The van der Waals surface area contributed by atoms with Crippen molar-refractivity contribution < 1.29 is 14.4 Å². The summed E-state index contributed by atoms with van der Waals surface area (Å²) in [4.78, 5) is 13.8. The molecule has 0 spiro atoms. The zero-order valence-corrected chi connectivity index (χ0v) is 17.6. The monoisotopic (exact) mass is 419 g/mol. The number of anilines is 1. The van der Waals surface area contributed by atoms with Crippen molar-refractivity contribution in [1.82, 2.24) is 10.1 Å². The summed E-state index contributed by atoms with van der Waals surface area (Å²) in [5.41, 5.74) is 10.5. The van der Waals surface area contributed by atoms with E-state index in [1.807, 2.05) is 26.0 Å². The summed E-state index contributed by atoms with van der Waals surface area (Å²) in [6.45, 7) is 3.80. The van der Waals surface area contributed by atoms with E-state index in [9.17, 15) is 10.1 Å². The number of aromatic nitrogens is 2. The fraction of sp³-hybridized carbons (Fsp3) is 0.304. The highest BCUT2D eigenvalue weighted by Crippen LogP contribution is 2.32. The molecular weight excluding hydrogens is 394 g/mol. The Morgan fingerprint density at radius 3 is 2.77 bits per heavy atom. The second-order valence-electron chi connectivity index (χ2n) is 7.49.